The molecule has 0 radical (unpaired) electrons. The number of carbonyl (C=O) groups is 1. The molecule has 1 fully saturated rings. The largest absolute Gasteiger partial charge is 0.439 e. The van der Waals surface area contributed by atoms with Crippen molar-refractivity contribution >= 4 is 17.4 Å². The number of aromatic nitrogens is 2. The summed E-state index contributed by atoms with van der Waals surface area (Å²) in [7, 11) is 0. The third-order valence-corrected chi connectivity index (χ3v) is 4.40. The van der Waals surface area contributed by atoms with Gasteiger partial charge in [-0.25, -0.2) is 9.97 Å². The van der Waals surface area contributed by atoms with Gasteiger partial charge >= 0.3 is 0 Å². The van der Waals surface area contributed by atoms with Gasteiger partial charge in [0, 0.05) is 31.5 Å². The van der Waals surface area contributed by atoms with Gasteiger partial charge in [0.2, 0.25) is 5.88 Å². The van der Waals surface area contributed by atoms with Gasteiger partial charge < -0.3 is 15.0 Å². The quantitative estimate of drug-likeness (QED) is 0.741. The van der Waals surface area contributed by atoms with Crippen molar-refractivity contribution in [1.29, 1.82) is 0 Å². The van der Waals surface area contributed by atoms with E-state index in [2.05, 4.69) is 20.2 Å². The number of nitrogens with zero attached hydrogens (tertiary/aromatic N) is 3. The van der Waals surface area contributed by atoms with Crippen molar-refractivity contribution in [1.82, 2.24) is 9.97 Å². The molecule has 0 aliphatic carbocycles. The molecule has 6 heteroatoms. The Bertz CT molecular complexity index is 907. The number of anilines is 2. The SMILES string of the molecule is O=C(Nc1cccnc1N1CCCC1)c1ccc(Oc2ccccc2)nc1. The van der Waals surface area contributed by atoms with E-state index in [1.165, 1.54) is 6.20 Å². The third kappa shape index (κ3) is 4.06. The number of carbonyl (C=O) groups excluding carboxylic acids is 1. The smallest absolute Gasteiger partial charge is 0.257 e. The van der Waals surface area contributed by atoms with E-state index in [4.69, 9.17) is 4.74 Å². The van der Waals surface area contributed by atoms with Crippen molar-refractivity contribution < 1.29 is 9.53 Å². The predicted molar refractivity (Wildman–Crippen MR) is 104 cm³/mol. The summed E-state index contributed by atoms with van der Waals surface area (Å²) in [5.41, 5.74) is 1.18. The molecule has 1 saturated heterocycles. The Labute approximate surface area is 157 Å². The standard InChI is InChI=1S/C21H20N4O2/c26-21(24-18-9-6-12-22-20(18)25-13-4-5-14-25)16-10-11-19(23-15-16)27-17-7-2-1-3-8-17/h1-3,6-12,15H,4-5,13-14H2,(H,24,26). The molecule has 0 saturated carbocycles. The van der Waals surface area contributed by atoms with E-state index in [0.29, 0.717) is 22.9 Å². The highest BCUT2D eigenvalue weighted by atomic mass is 16.5. The molecule has 27 heavy (non-hydrogen) atoms. The second kappa shape index (κ2) is 7.86. The zero-order valence-corrected chi connectivity index (χ0v) is 14.8. The van der Waals surface area contributed by atoms with Gasteiger partial charge in [0.1, 0.15) is 5.75 Å². The van der Waals surface area contributed by atoms with Gasteiger partial charge in [-0.2, -0.15) is 0 Å². The number of para-hydroxylation sites is 1. The molecule has 0 atom stereocenters. The van der Waals surface area contributed by atoms with Crippen LogP contribution in [-0.4, -0.2) is 29.0 Å². The number of benzene rings is 1. The second-order valence-electron chi connectivity index (χ2n) is 6.32. The van der Waals surface area contributed by atoms with E-state index in [-0.39, 0.29) is 5.91 Å². The first kappa shape index (κ1) is 17.0. The number of amides is 1. The molecule has 0 spiro atoms. The van der Waals surface area contributed by atoms with Crippen LogP contribution in [0.25, 0.3) is 0 Å². The number of rotatable bonds is 5. The molecule has 1 aliphatic heterocycles. The molecule has 1 aliphatic rings. The topological polar surface area (TPSA) is 67.4 Å². The highest BCUT2D eigenvalue weighted by molar-refractivity contribution is 6.05. The number of hydrogen-bond donors (Lipinski definition) is 1. The van der Waals surface area contributed by atoms with Crippen LogP contribution < -0.4 is 15.0 Å². The molecular weight excluding hydrogens is 340 g/mol. The fourth-order valence-electron chi connectivity index (χ4n) is 3.05. The Morgan fingerprint density at radius 3 is 2.52 bits per heavy atom. The molecule has 0 bridgehead atoms. The molecule has 1 N–H and O–H groups in total. The number of hydrogen-bond acceptors (Lipinski definition) is 5. The van der Waals surface area contributed by atoms with E-state index in [0.717, 1.165) is 31.7 Å². The molecule has 3 aromatic rings. The van der Waals surface area contributed by atoms with Crippen LogP contribution >= 0.6 is 0 Å². The van der Waals surface area contributed by atoms with E-state index in [9.17, 15) is 4.79 Å². The van der Waals surface area contributed by atoms with Crippen molar-refractivity contribution in [2.24, 2.45) is 0 Å². The minimum Gasteiger partial charge on any atom is -0.439 e. The highest BCUT2D eigenvalue weighted by Gasteiger charge is 2.18. The summed E-state index contributed by atoms with van der Waals surface area (Å²) in [4.78, 5) is 23.5. The Morgan fingerprint density at radius 2 is 1.78 bits per heavy atom. The Hall–Kier alpha value is -3.41. The summed E-state index contributed by atoms with van der Waals surface area (Å²) in [6, 6.07) is 16.5. The lowest BCUT2D eigenvalue weighted by atomic mass is 10.2. The molecule has 136 valence electrons. The Balaban J connectivity index is 1.46. The van der Waals surface area contributed by atoms with Crippen LogP contribution in [0.4, 0.5) is 11.5 Å². The van der Waals surface area contributed by atoms with Crippen molar-refractivity contribution in [3.8, 4) is 11.6 Å². The van der Waals surface area contributed by atoms with Crippen LogP contribution in [0.2, 0.25) is 0 Å². The van der Waals surface area contributed by atoms with Gasteiger partial charge in [-0.05, 0) is 43.2 Å². The maximum Gasteiger partial charge on any atom is 0.257 e. The third-order valence-electron chi connectivity index (χ3n) is 4.40. The zero-order chi connectivity index (χ0) is 18.5. The number of pyridine rings is 2. The van der Waals surface area contributed by atoms with Crippen molar-refractivity contribution in [3.63, 3.8) is 0 Å². The Kier molecular flexibility index (Phi) is 4.96. The molecular formula is C21H20N4O2. The van der Waals surface area contributed by atoms with Crippen LogP contribution in [0.1, 0.15) is 23.2 Å². The van der Waals surface area contributed by atoms with E-state index in [1.54, 1.807) is 18.3 Å². The highest BCUT2D eigenvalue weighted by Crippen LogP contribution is 2.26. The average Bonchev–Trinajstić information content (AvgIpc) is 3.24. The monoisotopic (exact) mass is 360 g/mol. The van der Waals surface area contributed by atoms with Crippen LogP contribution in [0.15, 0.2) is 67.0 Å². The number of nitrogens with one attached hydrogen (secondary N) is 1. The summed E-state index contributed by atoms with van der Waals surface area (Å²) < 4.78 is 5.66. The van der Waals surface area contributed by atoms with E-state index >= 15 is 0 Å². The van der Waals surface area contributed by atoms with Gasteiger partial charge in [-0.3, -0.25) is 4.79 Å². The first-order valence-corrected chi connectivity index (χ1v) is 9.00. The minimum atomic E-state index is -0.220. The lowest BCUT2D eigenvalue weighted by Crippen LogP contribution is -2.22. The average molecular weight is 360 g/mol. The van der Waals surface area contributed by atoms with Gasteiger partial charge in [-0.15, -0.1) is 0 Å². The van der Waals surface area contributed by atoms with Crippen molar-refractivity contribution in [2.75, 3.05) is 23.3 Å². The fraction of sp³-hybridized carbons (Fsp3) is 0.190. The predicted octanol–water partition coefficient (Wildman–Crippen LogP) is 4.12. The lowest BCUT2D eigenvalue weighted by molar-refractivity contribution is 0.102. The van der Waals surface area contributed by atoms with Crippen LogP contribution in [-0.2, 0) is 0 Å². The fourth-order valence-corrected chi connectivity index (χ4v) is 3.05. The lowest BCUT2D eigenvalue weighted by Gasteiger charge is -2.19. The molecule has 1 amide bonds. The summed E-state index contributed by atoms with van der Waals surface area (Å²) in [5, 5.41) is 2.95. The minimum absolute atomic E-state index is 0.220. The molecule has 1 aromatic carbocycles. The summed E-state index contributed by atoms with van der Waals surface area (Å²) in [5.74, 6) is 1.74. The van der Waals surface area contributed by atoms with E-state index in [1.807, 2.05) is 42.5 Å². The van der Waals surface area contributed by atoms with E-state index < -0.39 is 0 Å². The molecule has 0 unspecified atom stereocenters. The number of ether oxygens (including phenoxy) is 1. The first-order chi connectivity index (χ1) is 13.3. The Morgan fingerprint density at radius 1 is 0.963 bits per heavy atom. The van der Waals surface area contributed by atoms with Crippen LogP contribution in [0, 0.1) is 0 Å². The molecule has 6 nitrogen and oxygen atoms in total. The van der Waals surface area contributed by atoms with Crippen LogP contribution in [0.5, 0.6) is 11.6 Å². The van der Waals surface area contributed by atoms with Gasteiger partial charge in [0.25, 0.3) is 5.91 Å². The van der Waals surface area contributed by atoms with Crippen molar-refractivity contribution in [3.05, 3.63) is 72.6 Å². The maximum atomic E-state index is 12.6. The van der Waals surface area contributed by atoms with Gasteiger partial charge in [0.15, 0.2) is 5.82 Å². The summed E-state index contributed by atoms with van der Waals surface area (Å²) in [6.07, 6.45) is 5.56. The molecule has 4 rings (SSSR count). The second-order valence-corrected chi connectivity index (χ2v) is 6.32. The van der Waals surface area contributed by atoms with Gasteiger partial charge in [-0.1, -0.05) is 18.2 Å². The molecule has 2 aromatic heterocycles. The van der Waals surface area contributed by atoms with Crippen LogP contribution in [0.3, 0.4) is 0 Å². The van der Waals surface area contributed by atoms with Gasteiger partial charge in [0.05, 0.1) is 11.3 Å². The van der Waals surface area contributed by atoms with Crippen molar-refractivity contribution in [2.45, 2.75) is 12.8 Å². The molecule has 3 heterocycles. The summed E-state index contributed by atoms with van der Waals surface area (Å²) in [6.45, 7) is 1.93. The maximum absolute atomic E-state index is 12.6. The summed E-state index contributed by atoms with van der Waals surface area (Å²) >= 11 is 0. The normalized spacial score (nSPS) is 13.4. The zero-order valence-electron chi connectivity index (χ0n) is 14.8. The first-order valence-electron chi connectivity index (χ1n) is 9.00.